The fourth-order valence-corrected chi connectivity index (χ4v) is 2.24. The van der Waals surface area contributed by atoms with E-state index in [0.717, 1.165) is 25.8 Å². The summed E-state index contributed by atoms with van der Waals surface area (Å²) in [7, 11) is 0. The molecule has 1 heterocycles. The van der Waals surface area contributed by atoms with Crippen LogP contribution in [-0.2, 0) is 11.3 Å². The third-order valence-electron chi connectivity index (χ3n) is 3.34. The maximum Gasteiger partial charge on any atom is 0.326 e. The second-order valence-electron chi connectivity index (χ2n) is 4.71. The van der Waals surface area contributed by atoms with Gasteiger partial charge in [0.25, 0.3) is 0 Å². The number of hydrogen-bond donors (Lipinski definition) is 2. The first-order valence-electron chi connectivity index (χ1n) is 6.13. The van der Waals surface area contributed by atoms with E-state index in [-0.39, 0.29) is 5.92 Å². The second-order valence-corrected chi connectivity index (χ2v) is 4.71. The average Bonchev–Trinajstić information content (AvgIpc) is 3.04. The topological polar surface area (TPSA) is 67.2 Å². The van der Waals surface area contributed by atoms with Crippen molar-refractivity contribution in [3.63, 3.8) is 0 Å². The molecule has 0 bridgehead atoms. The van der Waals surface area contributed by atoms with E-state index in [1.54, 1.807) is 12.5 Å². The predicted molar refractivity (Wildman–Crippen MR) is 63.6 cm³/mol. The highest BCUT2D eigenvalue weighted by molar-refractivity contribution is 5.79. The Balaban J connectivity index is 2.17. The summed E-state index contributed by atoms with van der Waals surface area (Å²) in [6, 6.07) is 0. The summed E-state index contributed by atoms with van der Waals surface area (Å²) >= 11 is 0. The molecule has 94 valence electrons. The van der Waals surface area contributed by atoms with Crippen LogP contribution in [0.25, 0.3) is 0 Å². The molecule has 0 aromatic carbocycles. The predicted octanol–water partition coefficient (Wildman–Crippen LogP) is 1.12. The molecule has 5 nitrogen and oxygen atoms in total. The Kier molecular flexibility index (Phi) is 3.47. The van der Waals surface area contributed by atoms with Crippen LogP contribution in [0.3, 0.4) is 0 Å². The number of carboxylic acid groups (broad SMARTS) is 1. The molecule has 0 aliphatic heterocycles. The lowest BCUT2D eigenvalue weighted by atomic mass is 9.92. The van der Waals surface area contributed by atoms with Gasteiger partial charge >= 0.3 is 5.97 Å². The summed E-state index contributed by atoms with van der Waals surface area (Å²) in [5, 5.41) is 12.8. The van der Waals surface area contributed by atoms with Gasteiger partial charge in [0.15, 0.2) is 0 Å². The molecule has 1 atom stereocenters. The minimum atomic E-state index is -0.823. The molecule has 0 amide bonds. The first-order chi connectivity index (χ1) is 8.19. The Hall–Kier alpha value is -1.36. The molecular weight excluding hydrogens is 218 g/mol. The van der Waals surface area contributed by atoms with E-state index in [1.807, 2.05) is 17.7 Å². The fraction of sp³-hybridized carbons (Fsp3) is 0.667. The molecule has 1 fully saturated rings. The lowest BCUT2D eigenvalue weighted by Crippen LogP contribution is -2.57. The number of aromatic nitrogens is 2. The normalized spacial score (nSPS) is 18.9. The van der Waals surface area contributed by atoms with Gasteiger partial charge in [0.1, 0.15) is 5.54 Å². The molecule has 0 radical (unpaired) electrons. The highest BCUT2D eigenvalue weighted by Gasteiger charge is 2.51. The van der Waals surface area contributed by atoms with Crippen molar-refractivity contribution < 1.29 is 9.90 Å². The van der Waals surface area contributed by atoms with E-state index < -0.39 is 11.5 Å². The molecule has 1 unspecified atom stereocenters. The molecule has 5 heteroatoms. The maximum atomic E-state index is 11.6. The molecule has 0 saturated heterocycles. The zero-order valence-electron chi connectivity index (χ0n) is 10.1. The van der Waals surface area contributed by atoms with Crippen LogP contribution >= 0.6 is 0 Å². The quantitative estimate of drug-likeness (QED) is 0.745. The first kappa shape index (κ1) is 12.1. The van der Waals surface area contributed by atoms with E-state index in [9.17, 15) is 9.90 Å². The van der Waals surface area contributed by atoms with Gasteiger partial charge in [0.2, 0.25) is 0 Å². The smallest absolute Gasteiger partial charge is 0.326 e. The average molecular weight is 237 g/mol. The van der Waals surface area contributed by atoms with Crippen molar-refractivity contribution in [3.8, 4) is 0 Å². The lowest BCUT2D eigenvalue weighted by molar-refractivity contribution is -0.146. The number of imidazole rings is 1. The van der Waals surface area contributed by atoms with Gasteiger partial charge in [0.05, 0.1) is 12.9 Å². The van der Waals surface area contributed by atoms with E-state index in [4.69, 9.17) is 0 Å². The lowest BCUT2D eigenvalue weighted by Gasteiger charge is -2.31. The number of carboxylic acids is 1. The van der Waals surface area contributed by atoms with Crippen molar-refractivity contribution in [3.05, 3.63) is 18.7 Å². The molecule has 2 N–H and O–H groups in total. The zero-order chi connectivity index (χ0) is 12.3. The Morgan fingerprint density at radius 3 is 2.88 bits per heavy atom. The van der Waals surface area contributed by atoms with Crippen LogP contribution in [0.15, 0.2) is 18.7 Å². The number of aliphatic carboxylic acids is 1. The van der Waals surface area contributed by atoms with Crippen molar-refractivity contribution in [2.24, 2.45) is 5.92 Å². The number of hydrogen-bond acceptors (Lipinski definition) is 3. The number of rotatable bonds is 7. The Bertz CT molecular complexity index is 373. The molecule has 1 aliphatic carbocycles. The van der Waals surface area contributed by atoms with Gasteiger partial charge < -0.3 is 15.0 Å². The summed E-state index contributed by atoms with van der Waals surface area (Å²) < 4.78 is 1.84. The summed E-state index contributed by atoms with van der Waals surface area (Å²) in [6.45, 7) is 3.23. The third kappa shape index (κ3) is 2.49. The van der Waals surface area contributed by atoms with Crippen molar-refractivity contribution in [2.45, 2.75) is 38.3 Å². The van der Waals surface area contributed by atoms with E-state index in [0.29, 0.717) is 6.54 Å². The third-order valence-corrected chi connectivity index (χ3v) is 3.34. The van der Waals surface area contributed by atoms with Crippen molar-refractivity contribution in [1.82, 2.24) is 14.9 Å². The minimum absolute atomic E-state index is 0.244. The molecular formula is C12H19N3O2. The van der Waals surface area contributed by atoms with Crippen LogP contribution in [0, 0.1) is 5.92 Å². The summed E-state index contributed by atoms with van der Waals surface area (Å²) in [4.78, 5) is 15.6. The van der Waals surface area contributed by atoms with Gasteiger partial charge in [0, 0.05) is 12.4 Å². The van der Waals surface area contributed by atoms with E-state index >= 15 is 0 Å². The van der Waals surface area contributed by atoms with Crippen molar-refractivity contribution >= 4 is 5.97 Å². The van der Waals surface area contributed by atoms with Gasteiger partial charge in [-0.15, -0.1) is 0 Å². The summed E-state index contributed by atoms with van der Waals surface area (Å²) in [5.74, 6) is -0.504. The SMILES string of the molecule is CCCNC(Cn1ccnc1)(C(=O)O)C1CC1. The van der Waals surface area contributed by atoms with Gasteiger partial charge in [-0.2, -0.15) is 0 Å². The standard InChI is InChI=1S/C12H19N3O2/c1-2-5-14-12(11(16)17,10-3-4-10)8-15-7-6-13-9-15/h6-7,9-10,14H,2-5,8H2,1H3,(H,16,17). The molecule has 17 heavy (non-hydrogen) atoms. The Morgan fingerprint density at radius 1 is 1.65 bits per heavy atom. The molecule has 1 aromatic heterocycles. The largest absolute Gasteiger partial charge is 0.480 e. The first-order valence-corrected chi connectivity index (χ1v) is 6.13. The molecule has 1 aromatic rings. The highest BCUT2D eigenvalue weighted by Crippen LogP contribution is 2.41. The van der Waals surface area contributed by atoms with Crippen LogP contribution in [0.5, 0.6) is 0 Å². The van der Waals surface area contributed by atoms with Gasteiger partial charge in [-0.05, 0) is 31.7 Å². The summed E-state index contributed by atoms with van der Waals surface area (Å²) in [5.41, 5.74) is -0.823. The van der Waals surface area contributed by atoms with Crippen LogP contribution in [0.4, 0.5) is 0 Å². The minimum Gasteiger partial charge on any atom is -0.480 e. The Morgan fingerprint density at radius 2 is 2.41 bits per heavy atom. The van der Waals surface area contributed by atoms with Gasteiger partial charge in [-0.1, -0.05) is 6.92 Å². The molecule has 1 aliphatic rings. The van der Waals surface area contributed by atoms with E-state index in [1.165, 1.54) is 0 Å². The second kappa shape index (κ2) is 4.87. The zero-order valence-corrected chi connectivity index (χ0v) is 10.1. The molecule has 1 saturated carbocycles. The number of carbonyl (C=O) groups is 1. The van der Waals surface area contributed by atoms with Crippen LogP contribution in [0.2, 0.25) is 0 Å². The van der Waals surface area contributed by atoms with Crippen molar-refractivity contribution in [2.75, 3.05) is 6.54 Å². The monoisotopic (exact) mass is 237 g/mol. The maximum absolute atomic E-state index is 11.6. The number of nitrogens with one attached hydrogen (secondary N) is 1. The van der Waals surface area contributed by atoms with Gasteiger partial charge in [-0.25, -0.2) is 4.98 Å². The van der Waals surface area contributed by atoms with Crippen molar-refractivity contribution in [1.29, 1.82) is 0 Å². The Labute approximate surface area is 101 Å². The molecule has 2 rings (SSSR count). The van der Waals surface area contributed by atoms with Crippen LogP contribution in [-0.4, -0.2) is 32.7 Å². The summed E-state index contributed by atoms with van der Waals surface area (Å²) in [6.07, 6.45) is 8.10. The van der Waals surface area contributed by atoms with Gasteiger partial charge in [-0.3, -0.25) is 4.79 Å². The van der Waals surface area contributed by atoms with E-state index in [2.05, 4.69) is 10.3 Å². The van der Waals surface area contributed by atoms with Crippen LogP contribution < -0.4 is 5.32 Å². The van der Waals surface area contributed by atoms with Crippen LogP contribution in [0.1, 0.15) is 26.2 Å². The fourth-order valence-electron chi connectivity index (χ4n) is 2.24. The number of nitrogens with zero attached hydrogens (tertiary/aromatic N) is 2. The molecule has 0 spiro atoms. The highest BCUT2D eigenvalue weighted by atomic mass is 16.4.